The first-order valence-corrected chi connectivity index (χ1v) is 11.4. The fourth-order valence-electron chi connectivity index (χ4n) is 3.18. The number of ether oxygens (including phenoxy) is 1. The van der Waals surface area contributed by atoms with Crippen molar-refractivity contribution in [1.29, 1.82) is 5.41 Å². The van der Waals surface area contributed by atoms with Gasteiger partial charge in [-0.05, 0) is 5.71 Å². The summed E-state index contributed by atoms with van der Waals surface area (Å²) in [5.74, 6) is 0.681. The molecule has 1 aliphatic rings. The predicted molar refractivity (Wildman–Crippen MR) is 141 cm³/mol. The fourth-order valence-corrected chi connectivity index (χ4v) is 3.18. The van der Waals surface area contributed by atoms with Crippen LogP contribution in [0, 0.1) is 62.2 Å². The van der Waals surface area contributed by atoms with Crippen molar-refractivity contribution in [3.8, 4) is 5.75 Å². The molecule has 0 spiro atoms. The van der Waals surface area contributed by atoms with Crippen LogP contribution in [0.2, 0.25) is 0 Å². The van der Waals surface area contributed by atoms with Crippen LogP contribution < -0.4 is 56.1 Å². The summed E-state index contributed by atoms with van der Waals surface area (Å²) in [5, 5.41) is 7.78. The number of hydrogen-bond donors (Lipinski definition) is 1. The Bertz CT molecular complexity index is 1080. The number of amides is 2. The number of carbonyl (C=O) groups is 2. The third kappa shape index (κ3) is 12.7. The third-order valence-corrected chi connectivity index (χ3v) is 5.10. The number of aromatic nitrogens is 2. The number of piperazine rings is 1. The van der Waals surface area contributed by atoms with Crippen molar-refractivity contribution in [2.45, 2.75) is 19.8 Å². The molecule has 1 saturated heterocycles. The van der Waals surface area contributed by atoms with Crippen molar-refractivity contribution in [3.05, 3.63) is 92.4 Å². The number of hydrogen-bond acceptors (Lipinski definition) is 5. The van der Waals surface area contributed by atoms with Gasteiger partial charge in [0.25, 0.3) is 5.91 Å². The molecular formula is C28H35KN5O3U-. The van der Waals surface area contributed by atoms with E-state index in [4.69, 9.17) is 10.1 Å². The van der Waals surface area contributed by atoms with Crippen molar-refractivity contribution in [2.24, 2.45) is 7.05 Å². The van der Waals surface area contributed by atoms with E-state index in [1.165, 1.54) is 6.08 Å². The molecule has 2 amide bonds. The van der Waals surface area contributed by atoms with Gasteiger partial charge >= 0.3 is 82.5 Å². The van der Waals surface area contributed by atoms with E-state index in [2.05, 4.69) is 29.8 Å². The minimum atomic E-state index is -0.308. The van der Waals surface area contributed by atoms with Crippen LogP contribution >= 0.6 is 0 Å². The van der Waals surface area contributed by atoms with E-state index in [1.807, 2.05) is 19.1 Å². The molecule has 38 heavy (non-hydrogen) atoms. The average molecular weight is 767 g/mol. The number of methoxy groups -OCH3 is 1. The Kier molecular flexibility index (Phi) is 22.1. The number of nitrogens with one attached hydrogen (secondary N) is 1. The number of unbranched alkanes of at least 4 members (excludes halogenated alkanes) is 1. The Hall–Kier alpha value is -1.25. The summed E-state index contributed by atoms with van der Waals surface area (Å²) in [6, 6.07) is 8.50. The van der Waals surface area contributed by atoms with Crippen LogP contribution in [-0.4, -0.2) is 70.2 Å². The van der Waals surface area contributed by atoms with Gasteiger partial charge in [0.05, 0.1) is 7.11 Å². The second-order valence-electron chi connectivity index (χ2n) is 7.65. The van der Waals surface area contributed by atoms with Crippen molar-refractivity contribution < 1.29 is 96.8 Å². The van der Waals surface area contributed by atoms with E-state index in [1.54, 1.807) is 59.1 Å². The van der Waals surface area contributed by atoms with Crippen LogP contribution in [0.5, 0.6) is 5.75 Å². The Morgan fingerprint density at radius 2 is 1.92 bits per heavy atom. The molecule has 0 bridgehead atoms. The zero-order chi connectivity index (χ0) is 25.6. The topological polar surface area (TPSA) is 91.5 Å². The smallest absolute Gasteiger partial charge is 0.523 e. The number of aryl methyl sites for hydroxylation is 1. The molecular weight excluding hydrogens is 731 g/mol. The number of imidazole rings is 1. The van der Waals surface area contributed by atoms with E-state index in [0.717, 1.165) is 24.2 Å². The van der Waals surface area contributed by atoms with Crippen LogP contribution in [0.1, 0.15) is 35.9 Å². The fraction of sp³-hybridized carbons (Fsp3) is 0.321. The zero-order valence-electron chi connectivity index (χ0n) is 23.1. The van der Waals surface area contributed by atoms with Crippen molar-refractivity contribution >= 4 is 17.5 Å². The minimum Gasteiger partial charge on any atom is -0.523 e. The number of benzene rings is 1. The quantitative estimate of drug-likeness (QED) is 0.186. The Morgan fingerprint density at radius 3 is 2.47 bits per heavy atom. The maximum absolute atomic E-state index is 12.3. The first kappa shape index (κ1) is 38.9. The van der Waals surface area contributed by atoms with Gasteiger partial charge in [0.15, 0.2) is 11.7 Å². The summed E-state index contributed by atoms with van der Waals surface area (Å²) in [7, 11) is 3.40. The largest absolute Gasteiger partial charge is 2.00 e. The van der Waals surface area contributed by atoms with E-state index in [-0.39, 0.29) is 107 Å². The maximum Gasteiger partial charge on any atom is 2.00 e. The molecule has 196 valence electrons. The van der Waals surface area contributed by atoms with Crippen molar-refractivity contribution in [3.63, 3.8) is 0 Å². The van der Waals surface area contributed by atoms with E-state index < -0.39 is 0 Å². The molecule has 1 aliphatic heterocycles. The van der Waals surface area contributed by atoms with Gasteiger partial charge in [-0.25, -0.2) is 11.1 Å². The van der Waals surface area contributed by atoms with E-state index in [9.17, 15) is 9.59 Å². The Morgan fingerprint density at radius 1 is 1.26 bits per heavy atom. The van der Waals surface area contributed by atoms with Crippen LogP contribution in [0.15, 0.2) is 55.4 Å². The zero-order valence-corrected chi connectivity index (χ0v) is 30.4. The van der Waals surface area contributed by atoms with Gasteiger partial charge < -0.3 is 31.9 Å². The molecule has 3 rings (SSSR count). The number of allylic oxidation sites excluding steroid dienone is 3. The monoisotopic (exact) mass is 766 g/mol. The van der Waals surface area contributed by atoms with Gasteiger partial charge in [-0.15, -0.1) is 43.4 Å². The average Bonchev–Trinajstić information content (AvgIpc) is 3.33. The molecule has 0 radical (unpaired) electrons. The van der Waals surface area contributed by atoms with E-state index in [0.29, 0.717) is 32.0 Å². The summed E-state index contributed by atoms with van der Waals surface area (Å²) in [5.41, 5.74) is 0.910. The number of carbonyl (C=O) groups excluding carboxylic acids is 2. The molecule has 10 heteroatoms. The van der Waals surface area contributed by atoms with Gasteiger partial charge in [0, 0.05) is 51.4 Å². The second kappa shape index (κ2) is 21.6. The summed E-state index contributed by atoms with van der Waals surface area (Å²) >= 11 is 0. The first-order valence-electron chi connectivity index (χ1n) is 11.4. The van der Waals surface area contributed by atoms with Crippen LogP contribution in [-0.2, 0) is 11.8 Å². The molecule has 0 atom stereocenters. The molecule has 0 aliphatic carbocycles. The van der Waals surface area contributed by atoms with Gasteiger partial charge in [-0.3, -0.25) is 15.7 Å². The molecule has 1 aromatic carbocycles. The summed E-state index contributed by atoms with van der Waals surface area (Å²) in [6.45, 7) is 7.34. The Labute approximate surface area is 293 Å². The molecule has 2 heterocycles. The maximum atomic E-state index is 12.3. The number of nitrogens with zero attached hydrogens (tertiary/aromatic N) is 4. The van der Waals surface area contributed by atoms with Gasteiger partial charge in [0.1, 0.15) is 0 Å². The molecule has 1 fully saturated rings. The second-order valence-corrected chi connectivity index (χ2v) is 7.65. The van der Waals surface area contributed by atoms with Crippen LogP contribution in [0.3, 0.4) is 0 Å². The molecule has 0 saturated carbocycles. The molecule has 8 nitrogen and oxygen atoms in total. The van der Waals surface area contributed by atoms with Crippen molar-refractivity contribution in [2.75, 3.05) is 33.3 Å². The molecule has 2 aromatic rings. The van der Waals surface area contributed by atoms with Crippen molar-refractivity contribution in [1.82, 2.24) is 19.4 Å². The van der Waals surface area contributed by atoms with Crippen LogP contribution in [0.4, 0.5) is 0 Å². The molecule has 0 unspecified atom stereocenters. The van der Waals surface area contributed by atoms with Gasteiger partial charge in [0.2, 0.25) is 0 Å². The van der Waals surface area contributed by atoms with E-state index >= 15 is 0 Å². The summed E-state index contributed by atoms with van der Waals surface area (Å²) in [4.78, 5) is 31.9. The van der Waals surface area contributed by atoms with Gasteiger partial charge in [-0.1, -0.05) is 13.3 Å². The molecule has 1 N–H and O–H groups in total. The summed E-state index contributed by atoms with van der Waals surface area (Å²) in [6.07, 6.45) is 15.8. The number of rotatable bonds is 8. The third-order valence-electron chi connectivity index (χ3n) is 5.10. The normalized spacial score (nSPS) is 12.4. The SMILES string of the molecule is C=CC=[C-]c1cc[c-]c(OC)c1.CCC[C-]=CC(=N)C(=O)N1CCN(C(=O)c2nccn2C)CC1.[CH3-].[K+].[U+2]. The predicted octanol–water partition coefficient (Wildman–Crippen LogP) is 0.727. The minimum absolute atomic E-state index is 0. The molecule has 1 aromatic heterocycles. The van der Waals surface area contributed by atoms with Crippen LogP contribution in [0.25, 0.3) is 0 Å². The standard InChI is InChI=1S/C16H22N5O2.C11H10O.CH3.K.U/c1-3-4-5-6-13(17)15(22)20-9-11-21(12-10-20)16(23)14-18-7-8-19(14)2;1-3-4-6-10-7-5-8-11(9-10)12-2;;;/h6-8,17H,3-4,9-12H2,1-2H3;3-5,7,9H,1H2,2H3;1H3;;/q-1;-2;-1;+1;+2. The first-order chi connectivity index (χ1) is 16.9. The summed E-state index contributed by atoms with van der Waals surface area (Å²) < 4.78 is 6.68. The Balaban J connectivity index is 0. The van der Waals surface area contributed by atoms with Gasteiger partial charge in [-0.2, -0.15) is 17.7 Å².